The minimum atomic E-state index is 0.0934. The Labute approximate surface area is 135 Å². The van der Waals surface area contributed by atoms with E-state index in [1.165, 1.54) is 5.01 Å². The Morgan fingerprint density at radius 1 is 1.26 bits per heavy atom. The van der Waals surface area contributed by atoms with Gasteiger partial charge in [-0.25, -0.2) is 0 Å². The SMILES string of the molecule is Cc1cccc(CO/N=C(\C(=N)N(C)NN)c2ccccc2)n1. The summed E-state index contributed by atoms with van der Waals surface area (Å²) < 4.78 is 0. The number of nitrogens with one attached hydrogen (secondary N) is 2. The summed E-state index contributed by atoms with van der Waals surface area (Å²) >= 11 is 0. The summed E-state index contributed by atoms with van der Waals surface area (Å²) in [5.74, 6) is 5.45. The lowest BCUT2D eigenvalue weighted by molar-refractivity contribution is 0.128. The van der Waals surface area contributed by atoms with E-state index in [-0.39, 0.29) is 12.4 Å². The molecule has 0 saturated carbocycles. The Hall–Kier alpha value is -2.77. The highest BCUT2D eigenvalue weighted by Gasteiger charge is 2.15. The maximum absolute atomic E-state index is 8.16. The number of nitrogens with two attached hydrogens (primary N) is 1. The number of amidine groups is 1. The second-order valence-electron chi connectivity index (χ2n) is 4.89. The van der Waals surface area contributed by atoms with Gasteiger partial charge in [-0.15, -0.1) is 0 Å². The lowest BCUT2D eigenvalue weighted by Gasteiger charge is -2.18. The van der Waals surface area contributed by atoms with Crippen molar-refractivity contribution >= 4 is 11.5 Å². The zero-order valence-corrected chi connectivity index (χ0v) is 13.2. The van der Waals surface area contributed by atoms with E-state index in [1.807, 2.05) is 55.5 Å². The third-order valence-electron chi connectivity index (χ3n) is 3.11. The normalized spacial score (nSPS) is 11.2. The zero-order valence-electron chi connectivity index (χ0n) is 13.2. The number of benzene rings is 1. The molecule has 0 atom stereocenters. The zero-order chi connectivity index (χ0) is 16.7. The van der Waals surface area contributed by atoms with Crippen LogP contribution in [0.25, 0.3) is 0 Å². The smallest absolute Gasteiger partial charge is 0.166 e. The molecule has 2 rings (SSSR count). The Morgan fingerprint density at radius 3 is 2.65 bits per heavy atom. The van der Waals surface area contributed by atoms with Gasteiger partial charge in [-0.2, -0.15) is 5.53 Å². The van der Waals surface area contributed by atoms with E-state index in [2.05, 4.69) is 15.7 Å². The molecule has 2 aromatic rings. The topological polar surface area (TPSA) is 99.6 Å². The van der Waals surface area contributed by atoms with Crippen molar-refractivity contribution in [2.75, 3.05) is 7.05 Å². The highest BCUT2D eigenvalue weighted by Crippen LogP contribution is 2.06. The Morgan fingerprint density at radius 2 is 2.00 bits per heavy atom. The molecule has 0 saturated heterocycles. The van der Waals surface area contributed by atoms with Gasteiger partial charge >= 0.3 is 0 Å². The van der Waals surface area contributed by atoms with E-state index >= 15 is 0 Å². The van der Waals surface area contributed by atoms with Crippen LogP contribution in [0.4, 0.5) is 0 Å². The number of likely N-dealkylation sites (N-methyl/N-ethyl adjacent to an activating group) is 1. The molecule has 1 heterocycles. The van der Waals surface area contributed by atoms with E-state index in [0.29, 0.717) is 5.71 Å². The van der Waals surface area contributed by atoms with Crippen LogP contribution in [0.15, 0.2) is 53.7 Å². The third-order valence-corrected chi connectivity index (χ3v) is 3.11. The predicted octanol–water partition coefficient (Wildman–Crippen LogP) is 1.60. The van der Waals surface area contributed by atoms with E-state index in [1.54, 1.807) is 7.05 Å². The highest BCUT2D eigenvalue weighted by molar-refractivity contribution is 6.46. The van der Waals surface area contributed by atoms with Crippen molar-refractivity contribution in [2.45, 2.75) is 13.5 Å². The van der Waals surface area contributed by atoms with Gasteiger partial charge in [0.2, 0.25) is 0 Å². The van der Waals surface area contributed by atoms with Gasteiger partial charge in [0.15, 0.2) is 18.2 Å². The molecule has 7 nitrogen and oxygen atoms in total. The van der Waals surface area contributed by atoms with Crippen molar-refractivity contribution < 1.29 is 4.84 Å². The molecule has 0 radical (unpaired) electrons. The first kappa shape index (κ1) is 16.6. The Kier molecular flexibility index (Phi) is 5.79. The molecule has 0 aliphatic carbocycles. The van der Waals surface area contributed by atoms with Gasteiger partial charge in [-0.3, -0.25) is 21.2 Å². The number of oxime groups is 1. The van der Waals surface area contributed by atoms with Gasteiger partial charge in [0.25, 0.3) is 0 Å². The van der Waals surface area contributed by atoms with Crippen LogP contribution in [0, 0.1) is 12.3 Å². The van der Waals surface area contributed by atoms with Gasteiger partial charge in [0.05, 0.1) is 5.69 Å². The summed E-state index contributed by atoms with van der Waals surface area (Å²) in [5.41, 5.74) is 5.22. The molecule has 0 aliphatic heterocycles. The van der Waals surface area contributed by atoms with Crippen LogP contribution in [-0.2, 0) is 11.4 Å². The minimum Gasteiger partial charge on any atom is -0.389 e. The van der Waals surface area contributed by atoms with Crippen molar-refractivity contribution in [3.63, 3.8) is 0 Å². The molecule has 0 unspecified atom stereocenters. The quantitative estimate of drug-likeness (QED) is 0.325. The van der Waals surface area contributed by atoms with Gasteiger partial charge in [-0.1, -0.05) is 41.6 Å². The maximum atomic E-state index is 8.16. The number of pyridine rings is 1. The molecule has 1 aromatic carbocycles. The molecule has 0 bridgehead atoms. The lowest BCUT2D eigenvalue weighted by atomic mass is 10.1. The number of hydrazine groups is 2. The summed E-state index contributed by atoms with van der Waals surface area (Å²) in [6.45, 7) is 2.14. The monoisotopic (exact) mass is 312 g/mol. The summed E-state index contributed by atoms with van der Waals surface area (Å²) in [4.78, 5) is 9.74. The summed E-state index contributed by atoms with van der Waals surface area (Å²) in [6, 6.07) is 15.0. The fraction of sp³-hybridized carbons (Fsp3) is 0.188. The van der Waals surface area contributed by atoms with Crippen LogP contribution in [0.1, 0.15) is 17.0 Å². The van der Waals surface area contributed by atoms with Crippen molar-refractivity contribution in [2.24, 2.45) is 11.0 Å². The Bertz CT molecular complexity index is 686. The van der Waals surface area contributed by atoms with Crippen molar-refractivity contribution in [3.8, 4) is 0 Å². The fourth-order valence-electron chi connectivity index (χ4n) is 1.89. The van der Waals surface area contributed by atoms with Gasteiger partial charge < -0.3 is 4.84 Å². The van der Waals surface area contributed by atoms with Gasteiger partial charge in [0, 0.05) is 18.3 Å². The first-order valence-electron chi connectivity index (χ1n) is 7.08. The first-order valence-corrected chi connectivity index (χ1v) is 7.08. The van der Waals surface area contributed by atoms with E-state index in [4.69, 9.17) is 16.1 Å². The van der Waals surface area contributed by atoms with Crippen LogP contribution in [0.3, 0.4) is 0 Å². The van der Waals surface area contributed by atoms with Crippen LogP contribution in [0.2, 0.25) is 0 Å². The molecule has 7 heteroatoms. The number of hydrogen-bond acceptors (Lipinski definition) is 6. The lowest BCUT2D eigenvalue weighted by Crippen LogP contribution is -2.46. The highest BCUT2D eigenvalue weighted by atomic mass is 16.6. The molecular weight excluding hydrogens is 292 g/mol. The van der Waals surface area contributed by atoms with Crippen molar-refractivity contribution in [1.82, 2.24) is 15.5 Å². The molecule has 1 aromatic heterocycles. The second-order valence-corrected chi connectivity index (χ2v) is 4.89. The average Bonchev–Trinajstić information content (AvgIpc) is 2.58. The predicted molar refractivity (Wildman–Crippen MR) is 89.6 cm³/mol. The van der Waals surface area contributed by atoms with E-state index in [0.717, 1.165) is 17.0 Å². The largest absolute Gasteiger partial charge is 0.389 e. The third kappa shape index (κ3) is 4.60. The second kappa shape index (κ2) is 8.02. The van der Waals surface area contributed by atoms with Gasteiger partial charge in [0.1, 0.15) is 0 Å². The summed E-state index contributed by atoms with van der Waals surface area (Å²) in [6.07, 6.45) is 0. The molecule has 120 valence electrons. The summed E-state index contributed by atoms with van der Waals surface area (Å²) in [7, 11) is 1.63. The first-order chi connectivity index (χ1) is 11.1. The summed E-state index contributed by atoms with van der Waals surface area (Å²) in [5, 5.41) is 13.6. The fourth-order valence-corrected chi connectivity index (χ4v) is 1.89. The molecule has 23 heavy (non-hydrogen) atoms. The Balaban J connectivity index is 2.18. The molecule has 0 fully saturated rings. The standard InChI is InChI=1S/C16H20N6O/c1-12-7-6-10-14(19-12)11-23-20-15(16(17)22(2)21-18)13-8-4-3-5-9-13/h3-10,17,21H,11,18H2,1-2H3/b17-16?,20-15-. The average molecular weight is 312 g/mol. The maximum Gasteiger partial charge on any atom is 0.166 e. The van der Waals surface area contributed by atoms with Crippen molar-refractivity contribution in [1.29, 1.82) is 5.41 Å². The number of rotatable bonds is 6. The molecule has 0 aliphatic rings. The molecule has 0 spiro atoms. The van der Waals surface area contributed by atoms with Crippen LogP contribution in [-0.4, -0.2) is 28.6 Å². The number of aryl methyl sites for hydroxylation is 1. The van der Waals surface area contributed by atoms with Crippen LogP contribution < -0.4 is 11.4 Å². The molecule has 4 N–H and O–H groups in total. The van der Waals surface area contributed by atoms with Crippen LogP contribution in [0.5, 0.6) is 0 Å². The number of nitrogens with zero attached hydrogens (tertiary/aromatic N) is 3. The van der Waals surface area contributed by atoms with Crippen molar-refractivity contribution in [3.05, 3.63) is 65.5 Å². The molecular formula is C16H20N6O. The van der Waals surface area contributed by atoms with Gasteiger partial charge in [-0.05, 0) is 19.1 Å². The number of aromatic nitrogens is 1. The molecule has 0 amide bonds. The van der Waals surface area contributed by atoms with E-state index < -0.39 is 0 Å². The number of hydrogen-bond donors (Lipinski definition) is 3. The van der Waals surface area contributed by atoms with Crippen LogP contribution >= 0.6 is 0 Å². The minimum absolute atomic E-state index is 0.0934. The van der Waals surface area contributed by atoms with E-state index in [9.17, 15) is 0 Å².